The van der Waals surface area contributed by atoms with Crippen LogP contribution in [0.5, 0.6) is 11.5 Å². The smallest absolute Gasteiger partial charge is 0.264 e. The fourth-order valence-corrected chi connectivity index (χ4v) is 4.02. The Labute approximate surface area is 157 Å². The van der Waals surface area contributed by atoms with E-state index in [1.165, 1.54) is 24.6 Å². The fraction of sp³-hybridized carbons (Fsp3) is 0.238. The monoisotopic (exact) mass is 364 g/mol. The van der Waals surface area contributed by atoms with Gasteiger partial charge in [-0.1, -0.05) is 43.2 Å². The topological polar surface area (TPSA) is 50.7 Å². The van der Waals surface area contributed by atoms with Gasteiger partial charge in [0.2, 0.25) is 0 Å². The van der Waals surface area contributed by atoms with Gasteiger partial charge in [-0.15, -0.1) is 0 Å². The Morgan fingerprint density at radius 1 is 1.04 bits per heavy atom. The summed E-state index contributed by atoms with van der Waals surface area (Å²) in [7, 11) is 0. The van der Waals surface area contributed by atoms with Gasteiger partial charge in [0.25, 0.3) is 5.91 Å². The predicted molar refractivity (Wildman–Crippen MR) is 106 cm³/mol. The van der Waals surface area contributed by atoms with E-state index in [1.807, 2.05) is 60.7 Å². The molecular weight excluding hydrogens is 344 g/mol. The van der Waals surface area contributed by atoms with Crippen LogP contribution in [0, 0.1) is 0 Å². The summed E-state index contributed by atoms with van der Waals surface area (Å²) in [5, 5.41) is 3.61. The van der Waals surface area contributed by atoms with Crippen LogP contribution in [0.15, 0.2) is 64.5 Å². The maximum absolute atomic E-state index is 12.2. The standard InChI is InChI=1S/C21H20N2O2S/c24-20-19(26-21(23-20)22-16-8-4-5-9-16)14-15-7-6-12-18(13-15)25-17-10-2-1-3-11-17/h1-3,6-7,10-14,16H,4-5,8-9H2,(H,22,23,24)/b19-14-. The largest absolute Gasteiger partial charge is 0.457 e. The Morgan fingerprint density at radius 2 is 1.81 bits per heavy atom. The van der Waals surface area contributed by atoms with Gasteiger partial charge in [-0.2, -0.15) is 0 Å². The maximum atomic E-state index is 12.2. The first-order valence-electron chi connectivity index (χ1n) is 8.88. The summed E-state index contributed by atoms with van der Waals surface area (Å²) in [6.07, 6.45) is 6.60. The molecule has 2 aliphatic rings. The van der Waals surface area contributed by atoms with Gasteiger partial charge in [0, 0.05) is 0 Å². The fourth-order valence-electron chi connectivity index (χ4n) is 3.13. The molecular formula is C21H20N2O2S. The molecule has 0 aromatic heterocycles. The van der Waals surface area contributed by atoms with Gasteiger partial charge in [0.1, 0.15) is 11.5 Å². The molecule has 1 aliphatic carbocycles. The molecule has 2 aromatic carbocycles. The number of nitrogens with one attached hydrogen (secondary N) is 1. The van der Waals surface area contributed by atoms with Gasteiger partial charge in [0.15, 0.2) is 5.17 Å². The molecule has 2 fully saturated rings. The molecule has 1 heterocycles. The van der Waals surface area contributed by atoms with Gasteiger partial charge in [-0.3, -0.25) is 9.79 Å². The van der Waals surface area contributed by atoms with Gasteiger partial charge in [-0.05, 0) is 60.5 Å². The summed E-state index contributed by atoms with van der Waals surface area (Å²) >= 11 is 1.42. The third kappa shape index (κ3) is 4.17. The lowest BCUT2D eigenvalue weighted by molar-refractivity contribution is -0.115. The zero-order valence-corrected chi connectivity index (χ0v) is 15.2. The minimum absolute atomic E-state index is 0.0823. The zero-order valence-electron chi connectivity index (χ0n) is 14.4. The van der Waals surface area contributed by atoms with Gasteiger partial charge in [-0.25, -0.2) is 0 Å². The van der Waals surface area contributed by atoms with Crippen molar-refractivity contribution < 1.29 is 9.53 Å². The number of carbonyl (C=O) groups is 1. The summed E-state index contributed by atoms with van der Waals surface area (Å²) in [6, 6.07) is 17.7. The van der Waals surface area contributed by atoms with E-state index in [0.29, 0.717) is 10.9 Å². The molecule has 0 bridgehead atoms. The molecule has 1 saturated heterocycles. The van der Waals surface area contributed by atoms with Crippen molar-refractivity contribution in [2.75, 3.05) is 0 Å². The number of benzene rings is 2. The number of rotatable bonds is 4. The maximum Gasteiger partial charge on any atom is 0.264 e. The Balaban J connectivity index is 1.49. The lowest BCUT2D eigenvalue weighted by atomic mass is 10.2. The van der Waals surface area contributed by atoms with E-state index in [2.05, 4.69) is 10.3 Å². The van der Waals surface area contributed by atoms with Crippen molar-refractivity contribution in [3.63, 3.8) is 0 Å². The molecule has 1 amide bonds. The van der Waals surface area contributed by atoms with Crippen LogP contribution in [0.1, 0.15) is 31.2 Å². The highest BCUT2D eigenvalue weighted by Crippen LogP contribution is 2.30. The van der Waals surface area contributed by atoms with E-state index in [0.717, 1.165) is 35.1 Å². The van der Waals surface area contributed by atoms with E-state index in [-0.39, 0.29) is 5.91 Å². The molecule has 0 atom stereocenters. The average Bonchev–Trinajstić information content (AvgIpc) is 3.27. The van der Waals surface area contributed by atoms with E-state index in [1.54, 1.807) is 0 Å². The molecule has 132 valence electrons. The number of carbonyl (C=O) groups excluding carboxylic acids is 1. The van der Waals surface area contributed by atoms with Crippen LogP contribution in [-0.4, -0.2) is 17.1 Å². The Bertz CT molecular complexity index is 855. The minimum atomic E-state index is -0.0823. The number of amides is 1. The SMILES string of the molecule is O=C1NC(=NC2CCCC2)S/C1=C\c1cccc(Oc2ccccc2)c1. The van der Waals surface area contributed by atoms with Crippen molar-refractivity contribution in [3.05, 3.63) is 65.1 Å². The van der Waals surface area contributed by atoms with Crippen LogP contribution in [0.2, 0.25) is 0 Å². The number of ether oxygens (including phenoxy) is 1. The average molecular weight is 364 g/mol. The molecule has 4 rings (SSSR count). The molecule has 1 N–H and O–H groups in total. The quantitative estimate of drug-likeness (QED) is 0.778. The van der Waals surface area contributed by atoms with Crippen molar-refractivity contribution in [1.29, 1.82) is 0 Å². The van der Waals surface area contributed by atoms with Crippen LogP contribution in [0.25, 0.3) is 6.08 Å². The van der Waals surface area contributed by atoms with E-state index in [9.17, 15) is 4.79 Å². The molecule has 1 aliphatic heterocycles. The van der Waals surface area contributed by atoms with Crippen LogP contribution in [0.3, 0.4) is 0 Å². The van der Waals surface area contributed by atoms with Crippen LogP contribution >= 0.6 is 11.8 Å². The van der Waals surface area contributed by atoms with E-state index < -0.39 is 0 Å². The van der Waals surface area contributed by atoms with Gasteiger partial charge < -0.3 is 10.1 Å². The lowest BCUT2D eigenvalue weighted by Gasteiger charge is -2.06. The summed E-state index contributed by atoms with van der Waals surface area (Å²) in [5.41, 5.74) is 0.929. The summed E-state index contributed by atoms with van der Waals surface area (Å²) in [5.74, 6) is 1.45. The Kier molecular flexibility index (Phi) is 5.07. The Hall–Kier alpha value is -2.53. The van der Waals surface area contributed by atoms with Crippen molar-refractivity contribution in [2.45, 2.75) is 31.7 Å². The minimum Gasteiger partial charge on any atom is -0.457 e. The Morgan fingerprint density at radius 3 is 2.62 bits per heavy atom. The second-order valence-corrected chi connectivity index (χ2v) is 7.46. The molecule has 5 heteroatoms. The number of aliphatic imine (C=N–C) groups is 1. The molecule has 0 spiro atoms. The highest BCUT2D eigenvalue weighted by molar-refractivity contribution is 8.18. The second kappa shape index (κ2) is 7.79. The van der Waals surface area contributed by atoms with Crippen molar-refractivity contribution in [1.82, 2.24) is 5.32 Å². The molecule has 1 saturated carbocycles. The van der Waals surface area contributed by atoms with E-state index >= 15 is 0 Å². The molecule has 26 heavy (non-hydrogen) atoms. The number of thioether (sulfide) groups is 1. The van der Waals surface area contributed by atoms with Crippen molar-refractivity contribution in [2.24, 2.45) is 4.99 Å². The van der Waals surface area contributed by atoms with Crippen LogP contribution in [0.4, 0.5) is 0 Å². The summed E-state index contributed by atoms with van der Waals surface area (Å²) < 4.78 is 5.86. The third-order valence-corrected chi connectivity index (χ3v) is 5.33. The van der Waals surface area contributed by atoms with Gasteiger partial charge in [0.05, 0.1) is 10.9 Å². The molecule has 0 radical (unpaired) electrons. The number of nitrogens with zero attached hydrogens (tertiary/aromatic N) is 1. The molecule has 4 nitrogen and oxygen atoms in total. The second-order valence-electron chi connectivity index (χ2n) is 6.42. The number of hydrogen-bond acceptors (Lipinski definition) is 4. The molecule has 2 aromatic rings. The first-order chi connectivity index (χ1) is 12.8. The summed E-state index contributed by atoms with van der Waals surface area (Å²) in [4.78, 5) is 17.6. The van der Waals surface area contributed by atoms with Crippen LogP contribution in [-0.2, 0) is 4.79 Å². The number of hydrogen-bond donors (Lipinski definition) is 1. The first-order valence-corrected chi connectivity index (χ1v) is 9.69. The van der Waals surface area contributed by atoms with Crippen molar-refractivity contribution in [3.8, 4) is 11.5 Å². The zero-order chi connectivity index (χ0) is 17.8. The lowest BCUT2D eigenvalue weighted by Crippen LogP contribution is -2.21. The third-order valence-electron chi connectivity index (χ3n) is 4.41. The first kappa shape index (κ1) is 16.9. The van der Waals surface area contributed by atoms with Crippen LogP contribution < -0.4 is 10.1 Å². The highest BCUT2D eigenvalue weighted by Gasteiger charge is 2.25. The normalized spacial score (nSPS) is 20.7. The highest BCUT2D eigenvalue weighted by atomic mass is 32.2. The number of para-hydroxylation sites is 1. The summed E-state index contributed by atoms with van der Waals surface area (Å²) in [6.45, 7) is 0. The van der Waals surface area contributed by atoms with Gasteiger partial charge >= 0.3 is 0 Å². The number of amidine groups is 1. The van der Waals surface area contributed by atoms with Crippen molar-refractivity contribution >= 4 is 28.9 Å². The molecule has 0 unspecified atom stereocenters. The predicted octanol–water partition coefficient (Wildman–Crippen LogP) is 4.98. The van der Waals surface area contributed by atoms with E-state index in [4.69, 9.17) is 4.74 Å².